The number of hydrogen-bond acceptors (Lipinski definition) is 4. The number of fused-ring (bicyclic) bond motifs is 3. The van der Waals surface area contributed by atoms with Crippen molar-refractivity contribution in [3.63, 3.8) is 0 Å². The molecule has 1 saturated heterocycles. The number of likely N-dealkylation sites (tertiary alicyclic amines) is 1. The lowest BCUT2D eigenvalue weighted by Gasteiger charge is -2.47. The summed E-state index contributed by atoms with van der Waals surface area (Å²) in [6.45, 7) is -0.573. The van der Waals surface area contributed by atoms with E-state index in [2.05, 4.69) is 0 Å². The molecule has 2 aliphatic heterocycles. The molecule has 2 unspecified atom stereocenters. The molecule has 2 atom stereocenters. The summed E-state index contributed by atoms with van der Waals surface area (Å²) >= 11 is 0. The van der Waals surface area contributed by atoms with Gasteiger partial charge in [-0.25, -0.2) is 17.2 Å². The van der Waals surface area contributed by atoms with Crippen LogP contribution in [0.25, 0.3) is 0 Å². The zero-order chi connectivity index (χ0) is 30.9. The molecule has 0 N–H and O–H groups in total. The number of sulfone groups is 1. The van der Waals surface area contributed by atoms with E-state index in [-0.39, 0.29) is 48.5 Å². The number of hydrogen-bond donors (Lipinski definition) is 0. The summed E-state index contributed by atoms with van der Waals surface area (Å²) in [5.41, 5.74) is -10.2. The van der Waals surface area contributed by atoms with E-state index < -0.39 is 55.8 Å². The van der Waals surface area contributed by atoms with E-state index in [9.17, 15) is 39.6 Å². The van der Waals surface area contributed by atoms with E-state index in [1.165, 1.54) is 36.2 Å². The minimum atomic E-state index is -6.37. The molecule has 2 fully saturated rings. The number of amides is 1. The van der Waals surface area contributed by atoms with Crippen LogP contribution in [0, 0.1) is 0 Å². The van der Waals surface area contributed by atoms with Crippen molar-refractivity contribution < 1.29 is 48.3 Å². The number of nitrogens with zero attached hydrogens (tertiary/aromatic N) is 2. The van der Waals surface area contributed by atoms with E-state index in [0.717, 1.165) is 17.4 Å². The Kier molecular flexibility index (Phi) is 7.14. The van der Waals surface area contributed by atoms with Gasteiger partial charge in [-0.15, -0.1) is 0 Å². The molecule has 0 bridgehead atoms. The maximum absolute atomic E-state index is 15.9. The first-order valence-electron chi connectivity index (χ1n) is 13.4. The molecule has 5 nitrogen and oxygen atoms in total. The lowest BCUT2D eigenvalue weighted by Crippen LogP contribution is -2.60. The fraction of sp³-hybridized carbons (Fsp3) is 0.536. The third-order valence-electron chi connectivity index (χ3n) is 8.95. The predicted octanol–water partition coefficient (Wildman–Crippen LogP) is 6.37. The highest BCUT2D eigenvalue weighted by Gasteiger charge is 2.74. The van der Waals surface area contributed by atoms with Crippen LogP contribution in [0.3, 0.4) is 0 Å². The molecule has 2 heterocycles. The van der Waals surface area contributed by atoms with E-state index in [4.69, 9.17) is 0 Å². The number of halogens is 8. The molecule has 1 amide bonds. The van der Waals surface area contributed by atoms with Crippen LogP contribution in [0.4, 0.5) is 40.8 Å². The van der Waals surface area contributed by atoms with Crippen LogP contribution in [-0.4, -0.2) is 63.4 Å². The lowest BCUT2D eigenvalue weighted by molar-refractivity contribution is -0.348. The normalized spacial score (nSPS) is 24.7. The van der Waals surface area contributed by atoms with Crippen LogP contribution in [0.15, 0.2) is 53.4 Å². The number of carbonyl (C=O) groups excluding carboxylic acids is 1. The Bertz CT molecular complexity index is 1460. The van der Waals surface area contributed by atoms with Crippen molar-refractivity contribution in [2.24, 2.45) is 0 Å². The van der Waals surface area contributed by atoms with Gasteiger partial charge in [0, 0.05) is 31.4 Å². The van der Waals surface area contributed by atoms with Gasteiger partial charge in [0.05, 0.1) is 10.9 Å². The second kappa shape index (κ2) is 9.81. The minimum Gasteiger partial charge on any atom is -0.372 e. The first-order chi connectivity index (χ1) is 19.4. The average Bonchev–Trinajstić information content (AvgIpc) is 3.32. The van der Waals surface area contributed by atoms with Gasteiger partial charge in [-0.05, 0) is 55.9 Å². The lowest BCUT2D eigenvalue weighted by atomic mass is 9.81. The molecule has 1 saturated carbocycles. The fourth-order valence-corrected chi connectivity index (χ4v) is 9.10. The van der Waals surface area contributed by atoms with E-state index >= 15 is 8.78 Å². The number of likely N-dealkylation sites (N-methyl/N-ethyl adjacent to an activating group) is 1. The van der Waals surface area contributed by atoms with Crippen LogP contribution < -0.4 is 4.90 Å². The molecule has 5 rings (SSSR count). The number of carbonyl (C=O) groups is 1. The molecule has 1 aliphatic carbocycles. The van der Waals surface area contributed by atoms with Crippen LogP contribution in [0.1, 0.15) is 49.7 Å². The van der Waals surface area contributed by atoms with Gasteiger partial charge in [-0.2, -0.15) is 26.3 Å². The van der Waals surface area contributed by atoms with Crippen LogP contribution in [0.5, 0.6) is 0 Å². The molecule has 0 spiro atoms. The Morgan fingerprint density at radius 3 is 2.05 bits per heavy atom. The van der Waals surface area contributed by atoms with Crippen LogP contribution in [-0.2, 0) is 25.0 Å². The van der Waals surface area contributed by atoms with Crippen molar-refractivity contribution in [1.82, 2.24) is 4.90 Å². The molecule has 3 aliphatic rings. The quantitative estimate of drug-likeness (QED) is 0.372. The molecule has 0 aromatic heterocycles. The first-order valence-corrected chi connectivity index (χ1v) is 14.9. The summed E-state index contributed by atoms with van der Waals surface area (Å²) in [5.74, 6) is -0.886. The fourth-order valence-electron chi connectivity index (χ4n) is 6.78. The first kappa shape index (κ1) is 30.6. The van der Waals surface area contributed by atoms with Crippen molar-refractivity contribution >= 4 is 21.4 Å². The second-order valence-corrected chi connectivity index (χ2v) is 13.5. The van der Waals surface area contributed by atoms with Gasteiger partial charge in [0.2, 0.25) is 0 Å². The number of benzene rings is 2. The Morgan fingerprint density at radius 1 is 0.881 bits per heavy atom. The smallest absolute Gasteiger partial charge is 0.372 e. The summed E-state index contributed by atoms with van der Waals surface area (Å²) in [5, 5.41) is 0. The molecule has 14 heteroatoms. The largest absolute Gasteiger partial charge is 0.435 e. The second-order valence-electron chi connectivity index (χ2n) is 11.3. The summed E-state index contributed by atoms with van der Waals surface area (Å²) in [4.78, 5) is 15.8. The van der Waals surface area contributed by atoms with Gasteiger partial charge >= 0.3 is 18.0 Å². The highest BCUT2D eigenvalue weighted by Crippen LogP contribution is 2.57. The topological polar surface area (TPSA) is 57.7 Å². The Hall–Kier alpha value is -2.90. The van der Waals surface area contributed by atoms with Gasteiger partial charge in [0.25, 0.3) is 5.91 Å². The molecule has 0 radical (unpaired) electrons. The van der Waals surface area contributed by atoms with Gasteiger partial charge in [-0.3, -0.25) is 4.79 Å². The van der Waals surface area contributed by atoms with Gasteiger partial charge in [0.15, 0.2) is 15.5 Å². The number of anilines is 1. The Labute approximate surface area is 237 Å². The zero-order valence-electron chi connectivity index (χ0n) is 22.4. The molecule has 2 aromatic rings. The zero-order valence-corrected chi connectivity index (χ0v) is 23.2. The summed E-state index contributed by atoms with van der Waals surface area (Å²) < 4.78 is 139. The van der Waals surface area contributed by atoms with E-state index in [1.54, 1.807) is 6.07 Å². The maximum atomic E-state index is 15.9. The number of rotatable bonds is 4. The molecule has 2 aromatic carbocycles. The predicted molar refractivity (Wildman–Crippen MR) is 137 cm³/mol. The monoisotopic (exact) mass is 624 g/mol. The minimum absolute atomic E-state index is 0.0449. The van der Waals surface area contributed by atoms with Gasteiger partial charge in [0.1, 0.15) is 4.75 Å². The van der Waals surface area contributed by atoms with Crippen LogP contribution >= 0.6 is 0 Å². The number of alkyl halides is 8. The van der Waals surface area contributed by atoms with Crippen molar-refractivity contribution in [3.05, 3.63) is 59.7 Å². The van der Waals surface area contributed by atoms with Gasteiger partial charge < -0.3 is 9.80 Å². The highest BCUT2D eigenvalue weighted by atomic mass is 32.2. The summed E-state index contributed by atoms with van der Waals surface area (Å²) in [6.07, 6.45) is -11.5. The van der Waals surface area contributed by atoms with E-state index in [0.29, 0.717) is 25.0 Å². The third-order valence-corrected chi connectivity index (χ3v) is 11.5. The van der Waals surface area contributed by atoms with Crippen molar-refractivity contribution in [2.45, 2.75) is 77.9 Å². The third kappa shape index (κ3) is 4.22. The molecular weight excluding hydrogens is 596 g/mol. The Balaban J connectivity index is 1.72. The Morgan fingerprint density at radius 2 is 1.48 bits per heavy atom. The summed E-state index contributed by atoms with van der Waals surface area (Å²) in [6, 6.07) is 7.21. The van der Waals surface area contributed by atoms with E-state index in [1.807, 2.05) is 0 Å². The standard InChI is InChI=1S/C28H28F8N2O3S/c1-37-17-22-25(42(40,41)19-8-4-2-5-9-19,14-15-38(22)23(39)24(29)12-6-3-7-13-24)20-11-10-18(16-21(20)37)26(30,27(31,32)33)28(34,35)36/h2,4-5,8-11,16,22H,3,6-7,12-15,17H2,1H3. The van der Waals surface area contributed by atoms with Crippen LogP contribution in [0.2, 0.25) is 0 Å². The molecule has 42 heavy (non-hydrogen) atoms. The summed E-state index contributed by atoms with van der Waals surface area (Å²) in [7, 11) is -3.21. The molecular formula is C28H28F8N2O3S. The van der Waals surface area contributed by atoms with Gasteiger partial charge in [-0.1, -0.05) is 36.8 Å². The highest BCUT2D eigenvalue weighted by molar-refractivity contribution is 7.92. The molecule has 230 valence electrons. The SMILES string of the molecule is CN1CC2N(C(=O)C3(F)CCCCC3)CCC2(S(=O)(=O)c2ccccc2)c2ccc(C(F)(C(F)(F)F)C(F)(F)F)cc21. The van der Waals surface area contributed by atoms with Crippen molar-refractivity contribution in [1.29, 1.82) is 0 Å². The van der Waals surface area contributed by atoms with Crippen molar-refractivity contribution in [3.8, 4) is 0 Å². The maximum Gasteiger partial charge on any atom is 0.435 e. The average molecular weight is 625 g/mol. The van der Waals surface area contributed by atoms with Crippen molar-refractivity contribution in [2.75, 3.05) is 25.0 Å².